The van der Waals surface area contributed by atoms with Crippen molar-refractivity contribution in [3.8, 4) is 0 Å². The Morgan fingerprint density at radius 2 is 2.27 bits per heavy atom. The van der Waals surface area contributed by atoms with Gasteiger partial charge in [0.1, 0.15) is 0 Å². The van der Waals surface area contributed by atoms with Crippen LogP contribution in [-0.4, -0.2) is 35.1 Å². The summed E-state index contributed by atoms with van der Waals surface area (Å²) < 4.78 is 4.97. The zero-order chi connectivity index (χ0) is 15.2. The molecule has 2 N–H and O–H groups in total. The van der Waals surface area contributed by atoms with Crippen LogP contribution < -0.4 is 15.5 Å². The van der Waals surface area contributed by atoms with Crippen molar-refractivity contribution in [1.29, 1.82) is 0 Å². The third-order valence-corrected chi connectivity index (χ3v) is 3.62. The maximum Gasteiger partial charge on any atom is 0.315 e. The highest BCUT2D eigenvalue weighted by Gasteiger charge is 2.22. The van der Waals surface area contributed by atoms with E-state index in [-0.39, 0.29) is 12.1 Å². The molecule has 0 aliphatic carbocycles. The van der Waals surface area contributed by atoms with Crippen LogP contribution in [0.4, 0.5) is 10.7 Å². The van der Waals surface area contributed by atoms with Crippen LogP contribution in [-0.2, 0) is 6.54 Å². The summed E-state index contributed by atoms with van der Waals surface area (Å²) in [5, 5.41) is 5.83. The van der Waals surface area contributed by atoms with E-state index in [0.29, 0.717) is 12.5 Å². The van der Waals surface area contributed by atoms with Crippen molar-refractivity contribution in [3.05, 3.63) is 42.6 Å². The summed E-state index contributed by atoms with van der Waals surface area (Å²) in [4.78, 5) is 22.6. The average Bonchev–Trinajstić information content (AvgIpc) is 3.08. The number of carbonyl (C=O) groups excluding carboxylic acids is 1. The van der Waals surface area contributed by atoms with Gasteiger partial charge in [-0.05, 0) is 25.0 Å². The first-order valence-electron chi connectivity index (χ1n) is 7.38. The molecule has 2 amide bonds. The van der Waals surface area contributed by atoms with E-state index >= 15 is 0 Å². The quantitative estimate of drug-likeness (QED) is 0.895. The van der Waals surface area contributed by atoms with E-state index in [1.165, 1.54) is 0 Å². The number of hydrogen-bond acceptors (Lipinski definition) is 5. The van der Waals surface area contributed by atoms with Crippen molar-refractivity contribution in [2.45, 2.75) is 25.4 Å². The molecule has 0 saturated carbocycles. The van der Waals surface area contributed by atoms with Crippen molar-refractivity contribution in [3.63, 3.8) is 0 Å². The van der Waals surface area contributed by atoms with Gasteiger partial charge in [-0.15, -0.1) is 0 Å². The molecule has 2 aromatic heterocycles. The lowest BCUT2D eigenvalue weighted by atomic mass is 10.1. The van der Waals surface area contributed by atoms with Gasteiger partial charge < -0.3 is 20.0 Å². The molecule has 2 aromatic rings. The van der Waals surface area contributed by atoms with Crippen molar-refractivity contribution < 1.29 is 9.21 Å². The van der Waals surface area contributed by atoms with E-state index in [4.69, 9.17) is 4.42 Å². The number of aromatic nitrogens is 2. The standard InChI is InChI=1S/C15H19N5O2/c21-15(18-9-12-4-8-22-11-12)19-13-3-1-7-20(10-13)14-16-5-2-6-17-14/h2,4-6,8,11,13H,1,3,7,9-10H2,(H2,18,19,21)/t13-/m0/s1. The van der Waals surface area contributed by atoms with Crippen LogP contribution in [0.15, 0.2) is 41.5 Å². The topological polar surface area (TPSA) is 83.3 Å². The summed E-state index contributed by atoms with van der Waals surface area (Å²) in [5.41, 5.74) is 0.943. The van der Waals surface area contributed by atoms with Gasteiger partial charge in [0.25, 0.3) is 0 Å². The lowest BCUT2D eigenvalue weighted by Gasteiger charge is -2.33. The number of urea groups is 1. The number of hydrogen-bond donors (Lipinski definition) is 2. The van der Waals surface area contributed by atoms with Gasteiger partial charge in [0.2, 0.25) is 5.95 Å². The highest BCUT2D eigenvalue weighted by atomic mass is 16.3. The molecule has 1 atom stereocenters. The minimum absolute atomic E-state index is 0.0990. The average molecular weight is 301 g/mol. The lowest BCUT2D eigenvalue weighted by molar-refractivity contribution is 0.234. The van der Waals surface area contributed by atoms with Crippen molar-refractivity contribution in [2.24, 2.45) is 0 Å². The maximum atomic E-state index is 11.9. The molecular weight excluding hydrogens is 282 g/mol. The van der Waals surface area contributed by atoms with Crippen molar-refractivity contribution in [1.82, 2.24) is 20.6 Å². The first kappa shape index (κ1) is 14.4. The van der Waals surface area contributed by atoms with Gasteiger partial charge >= 0.3 is 6.03 Å². The SMILES string of the molecule is O=C(NCc1ccoc1)N[C@H]1CCCN(c2ncccn2)C1. The molecule has 0 aromatic carbocycles. The summed E-state index contributed by atoms with van der Waals surface area (Å²) in [7, 11) is 0. The van der Waals surface area contributed by atoms with E-state index in [2.05, 4.69) is 25.5 Å². The van der Waals surface area contributed by atoms with E-state index < -0.39 is 0 Å². The Morgan fingerprint density at radius 1 is 1.41 bits per heavy atom. The minimum atomic E-state index is -0.165. The third kappa shape index (κ3) is 3.75. The third-order valence-electron chi connectivity index (χ3n) is 3.62. The molecule has 7 nitrogen and oxygen atoms in total. The minimum Gasteiger partial charge on any atom is -0.472 e. The summed E-state index contributed by atoms with van der Waals surface area (Å²) in [6.45, 7) is 2.10. The Kier molecular flexibility index (Phi) is 4.53. The van der Waals surface area contributed by atoms with Crippen LogP contribution in [0, 0.1) is 0 Å². The molecule has 0 bridgehead atoms. The summed E-state index contributed by atoms with van der Waals surface area (Å²) in [6.07, 6.45) is 8.64. The normalized spacial score (nSPS) is 18.0. The first-order valence-corrected chi connectivity index (χ1v) is 7.38. The van der Waals surface area contributed by atoms with Gasteiger partial charge in [0.05, 0.1) is 12.5 Å². The van der Waals surface area contributed by atoms with Crippen LogP contribution in [0.3, 0.4) is 0 Å². The number of nitrogens with zero attached hydrogens (tertiary/aromatic N) is 3. The summed E-state index contributed by atoms with van der Waals surface area (Å²) in [6, 6.07) is 3.56. The Morgan fingerprint density at radius 3 is 3.05 bits per heavy atom. The Hall–Kier alpha value is -2.57. The molecule has 0 radical (unpaired) electrons. The first-order chi connectivity index (χ1) is 10.8. The van der Waals surface area contributed by atoms with Gasteiger partial charge in [-0.1, -0.05) is 0 Å². The van der Waals surface area contributed by atoms with Gasteiger partial charge in [-0.2, -0.15) is 0 Å². The molecule has 1 aliphatic heterocycles. The number of rotatable bonds is 4. The zero-order valence-corrected chi connectivity index (χ0v) is 12.2. The van der Waals surface area contributed by atoms with Gasteiger partial charge in [-0.25, -0.2) is 14.8 Å². The highest BCUT2D eigenvalue weighted by molar-refractivity contribution is 5.74. The molecule has 3 heterocycles. The van der Waals surface area contributed by atoms with Crippen molar-refractivity contribution in [2.75, 3.05) is 18.0 Å². The van der Waals surface area contributed by atoms with Crippen LogP contribution in [0.2, 0.25) is 0 Å². The second kappa shape index (κ2) is 6.93. The van der Waals surface area contributed by atoms with E-state index in [9.17, 15) is 4.79 Å². The molecule has 7 heteroatoms. The monoisotopic (exact) mass is 301 g/mol. The highest BCUT2D eigenvalue weighted by Crippen LogP contribution is 2.15. The molecule has 116 valence electrons. The fraction of sp³-hybridized carbons (Fsp3) is 0.400. The van der Waals surface area contributed by atoms with E-state index in [1.807, 2.05) is 6.07 Å². The fourth-order valence-electron chi connectivity index (χ4n) is 2.54. The predicted molar refractivity (Wildman–Crippen MR) is 81.3 cm³/mol. The number of carbonyl (C=O) groups is 1. The molecule has 22 heavy (non-hydrogen) atoms. The fourth-order valence-corrected chi connectivity index (χ4v) is 2.54. The Labute approximate surface area is 128 Å². The molecule has 3 rings (SSSR count). The van der Waals surface area contributed by atoms with Gasteiger partial charge in [-0.3, -0.25) is 0 Å². The molecule has 1 fully saturated rings. The number of anilines is 1. The predicted octanol–water partition coefficient (Wildman–Crippen LogP) is 1.54. The smallest absolute Gasteiger partial charge is 0.315 e. The van der Waals surface area contributed by atoms with Crippen LogP contribution in [0.25, 0.3) is 0 Å². The number of furan rings is 1. The molecule has 0 unspecified atom stereocenters. The summed E-state index contributed by atoms with van der Waals surface area (Å²) in [5.74, 6) is 0.716. The molecule has 1 saturated heterocycles. The summed E-state index contributed by atoms with van der Waals surface area (Å²) >= 11 is 0. The Bertz CT molecular complexity index is 587. The second-order valence-corrected chi connectivity index (χ2v) is 5.29. The zero-order valence-electron chi connectivity index (χ0n) is 12.2. The second-order valence-electron chi connectivity index (χ2n) is 5.29. The maximum absolute atomic E-state index is 11.9. The molecule has 1 aliphatic rings. The van der Waals surface area contributed by atoms with Crippen molar-refractivity contribution >= 4 is 12.0 Å². The number of piperidine rings is 1. The van der Waals surface area contributed by atoms with E-state index in [0.717, 1.165) is 31.5 Å². The van der Waals surface area contributed by atoms with Crippen LogP contribution in [0.1, 0.15) is 18.4 Å². The van der Waals surface area contributed by atoms with Gasteiger partial charge in [0.15, 0.2) is 0 Å². The van der Waals surface area contributed by atoms with E-state index in [1.54, 1.807) is 31.0 Å². The Balaban J connectivity index is 1.48. The number of amides is 2. The van der Waals surface area contributed by atoms with Crippen LogP contribution in [0.5, 0.6) is 0 Å². The van der Waals surface area contributed by atoms with Gasteiger partial charge in [0, 0.05) is 43.6 Å². The number of nitrogens with one attached hydrogen (secondary N) is 2. The van der Waals surface area contributed by atoms with Crippen LogP contribution >= 0.6 is 0 Å². The molecular formula is C15H19N5O2. The largest absolute Gasteiger partial charge is 0.472 e. The molecule has 0 spiro atoms. The lowest BCUT2D eigenvalue weighted by Crippen LogP contribution is -2.50.